The number of benzene rings is 2. The van der Waals surface area contributed by atoms with Crippen LogP contribution >= 0.6 is 23.2 Å². The molecule has 0 radical (unpaired) electrons. The van der Waals surface area contributed by atoms with Crippen molar-refractivity contribution in [3.8, 4) is 11.5 Å². The molecule has 2 aromatic carbocycles. The summed E-state index contributed by atoms with van der Waals surface area (Å²) < 4.78 is 10.8. The molecule has 114 valence electrons. The average molecular weight is 337 g/mol. The van der Waals surface area contributed by atoms with E-state index in [1.165, 1.54) is 0 Å². The number of anilines is 1. The Kier molecular flexibility index (Phi) is 3.33. The minimum absolute atomic E-state index is 0.0742. The second-order valence-corrected chi connectivity index (χ2v) is 6.13. The Hall–Kier alpha value is -1.62. The molecule has 2 aromatic rings. The quantitative estimate of drug-likeness (QED) is 0.907. The van der Waals surface area contributed by atoms with Crippen LogP contribution in [0, 0.1) is 0 Å². The first-order chi connectivity index (χ1) is 10.7. The third kappa shape index (κ3) is 2.02. The van der Waals surface area contributed by atoms with Gasteiger partial charge in [-0.25, -0.2) is 0 Å². The molecule has 1 unspecified atom stereocenters. The van der Waals surface area contributed by atoms with Gasteiger partial charge in [0, 0.05) is 24.8 Å². The third-order valence-corrected chi connectivity index (χ3v) is 5.05. The first-order valence-electron chi connectivity index (χ1n) is 7.02. The molecule has 1 atom stereocenters. The molecule has 0 saturated heterocycles. The number of hydrogen-bond donors (Lipinski definition) is 1. The van der Waals surface area contributed by atoms with E-state index in [-0.39, 0.29) is 12.8 Å². The SMILES string of the molecule is NCC1c2ccc(Cl)c(Cl)c2CN1c1ccc2c(c1)OCO2. The van der Waals surface area contributed by atoms with E-state index in [2.05, 4.69) is 4.90 Å². The van der Waals surface area contributed by atoms with Gasteiger partial charge in [-0.3, -0.25) is 0 Å². The van der Waals surface area contributed by atoms with E-state index in [0.717, 1.165) is 28.3 Å². The molecule has 2 aliphatic rings. The molecule has 0 aliphatic carbocycles. The van der Waals surface area contributed by atoms with Crippen LogP contribution in [0.15, 0.2) is 30.3 Å². The van der Waals surface area contributed by atoms with Crippen LogP contribution in [0.2, 0.25) is 10.0 Å². The fourth-order valence-corrected chi connectivity index (χ4v) is 3.53. The van der Waals surface area contributed by atoms with Crippen LogP contribution in [0.3, 0.4) is 0 Å². The summed E-state index contributed by atoms with van der Waals surface area (Å²) in [5.41, 5.74) is 9.21. The lowest BCUT2D eigenvalue weighted by Crippen LogP contribution is -2.27. The summed E-state index contributed by atoms with van der Waals surface area (Å²) >= 11 is 12.5. The van der Waals surface area contributed by atoms with Gasteiger partial charge < -0.3 is 20.1 Å². The Balaban J connectivity index is 1.76. The van der Waals surface area contributed by atoms with E-state index < -0.39 is 0 Å². The summed E-state index contributed by atoms with van der Waals surface area (Å²) in [5.74, 6) is 1.53. The van der Waals surface area contributed by atoms with Crippen molar-refractivity contribution >= 4 is 28.9 Å². The smallest absolute Gasteiger partial charge is 0.231 e. The lowest BCUT2D eigenvalue weighted by molar-refractivity contribution is 0.174. The Bertz CT molecular complexity index is 751. The van der Waals surface area contributed by atoms with Crippen LogP contribution < -0.4 is 20.1 Å². The highest BCUT2D eigenvalue weighted by Gasteiger charge is 2.32. The number of hydrogen-bond acceptors (Lipinski definition) is 4. The zero-order valence-corrected chi connectivity index (χ0v) is 13.2. The van der Waals surface area contributed by atoms with Crippen molar-refractivity contribution in [2.24, 2.45) is 5.73 Å². The molecule has 0 saturated carbocycles. The summed E-state index contributed by atoms with van der Waals surface area (Å²) in [6, 6.07) is 9.82. The van der Waals surface area contributed by atoms with Crippen LogP contribution in [-0.2, 0) is 6.54 Å². The Labute approximate surface area is 138 Å². The molecule has 2 aliphatic heterocycles. The summed E-state index contributed by atoms with van der Waals surface area (Å²) in [7, 11) is 0. The second kappa shape index (κ2) is 5.23. The minimum atomic E-state index is 0.0742. The fourth-order valence-electron chi connectivity index (χ4n) is 3.12. The number of ether oxygens (including phenoxy) is 2. The summed E-state index contributed by atoms with van der Waals surface area (Å²) in [5, 5.41) is 1.18. The van der Waals surface area contributed by atoms with Gasteiger partial charge in [0.1, 0.15) is 0 Å². The number of nitrogens with two attached hydrogens (primary N) is 1. The normalized spacial score (nSPS) is 18.7. The van der Waals surface area contributed by atoms with Gasteiger partial charge in [0.05, 0.1) is 16.1 Å². The van der Waals surface area contributed by atoms with E-state index in [1.807, 2.05) is 30.3 Å². The van der Waals surface area contributed by atoms with Gasteiger partial charge in [0.15, 0.2) is 11.5 Å². The molecule has 0 spiro atoms. The number of halogens is 2. The van der Waals surface area contributed by atoms with E-state index >= 15 is 0 Å². The molecule has 0 fully saturated rings. The highest BCUT2D eigenvalue weighted by molar-refractivity contribution is 6.42. The largest absolute Gasteiger partial charge is 0.454 e. The molecular weight excluding hydrogens is 323 g/mol. The number of nitrogens with zero attached hydrogens (tertiary/aromatic N) is 1. The predicted octanol–water partition coefficient (Wildman–Crippen LogP) is 3.74. The van der Waals surface area contributed by atoms with Crippen LogP contribution in [0.1, 0.15) is 17.2 Å². The molecule has 2 N–H and O–H groups in total. The van der Waals surface area contributed by atoms with Crippen LogP contribution in [-0.4, -0.2) is 13.3 Å². The van der Waals surface area contributed by atoms with Crippen molar-refractivity contribution in [2.75, 3.05) is 18.2 Å². The summed E-state index contributed by atoms with van der Waals surface area (Å²) in [6.07, 6.45) is 0. The van der Waals surface area contributed by atoms with Crippen molar-refractivity contribution in [3.05, 3.63) is 51.5 Å². The van der Waals surface area contributed by atoms with E-state index in [9.17, 15) is 0 Å². The third-order valence-electron chi connectivity index (χ3n) is 4.21. The second-order valence-electron chi connectivity index (χ2n) is 5.35. The first kappa shape index (κ1) is 14.0. The zero-order chi connectivity index (χ0) is 15.3. The predicted molar refractivity (Wildman–Crippen MR) is 87.0 cm³/mol. The van der Waals surface area contributed by atoms with Crippen LogP contribution in [0.5, 0.6) is 11.5 Å². The van der Waals surface area contributed by atoms with Gasteiger partial charge in [-0.1, -0.05) is 29.3 Å². The Morgan fingerprint density at radius 3 is 2.77 bits per heavy atom. The van der Waals surface area contributed by atoms with Crippen molar-refractivity contribution in [1.29, 1.82) is 0 Å². The van der Waals surface area contributed by atoms with Gasteiger partial charge in [0.25, 0.3) is 0 Å². The zero-order valence-electron chi connectivity index (χ0n) is 11.7. The van der Waals surface area contributed by atoms with Gasteiger partial charge in [0.2, 0.25) is 6.79 Å². The minimum Gasteiger partial charge on any atom is -0.454 e. The van der Waals surface area contributed by atoms with Crippen molar-refractivity contribution in [1.82, 2.24) is 0 Å². The fraction of sp³-hybridized carbons (Fsp3) is 0.250. The van der Waals surface area contributed by atoms with E-state index in [4.69, 9.17) is 38.4 Å². The van der Waals surface area contributed by atoms with E-state index in [1.54, 1.807) is 0 Å². The highest BCUT2D eigenvalue weighted by atomic mass is 35.5. The topological polar surface area (TPSA) is 47.7 Å². The van der Waals surface area contributed by atoms with Crippen molar-refractivity contribution < 1.29 is 9.47 Å². The molecule has 6 heteroatoms. The average Bonchev–Trinajstić information content (AvgIpc) is 3.14. The molecule has 0 amide bonds. The molecular formula is C16H14Cl2N2O2. The number of rotatable bonds is 2. The monoisotopic (exact) mass is 336 g/mol. The van der Waals surface area contributed by atoms with Crippen LogP contribution in [0.25, 0.3) is 0 Å². The maximum Gasteiger partial charge on any atom is 0.231 e. The molecule has 4 rings (SSSR count). The standard InChI is InChI=1S/C16H14Cl2N2O2/c17-12-3-2-10-11(16(12)18)7-20(13(10)6-19)9-1-4-14-15(5-9)22-8-21-14/h1-5,13H,6-8,19H2. The Morgan fingerprint density at radius 2 is 1.95 bits per heavy atom. The maximum absolute atomic E-state index is 6.36. The lowest BCUT2D eigenvalue weighted by Gasteiger charge is -2.26. The van der Waals surface area contributed by atoms with Gasteiger partial charge in [-0.15, -0.1) is 0 Å². The molecule has 0 bridgehead atoms. The molecule has 0 aromatic heterocycles. The van der Waals surface area contributed by atoms with Gasteiger partial charge in [-0.2, -0.15) is 0 Å². The molecule has 4 nitrogen and oxygen atoms in total. The maximum atomic E-state index is 6.36. The molecule has 2 heterocycles. The van der Waals surface area contributed by atoms with Crippen molar-refractivity contribution in [3.63, 3.8) is 0 Å². The lowest BCUT2D eigenvalue weighted by atomic mass is 10.0. The van der Waals surface area contributed by atoms with Crippen LogP contribution in [0.4, 0.5) is 5.69 Å². The summed E-state index contributed by atoms with van der Waals surface area (Å²) in [6.45, 7) is 1.44. The molecule has 22 heavy (non-hydrogen) atoms. The highest BCUT2D eigenvalue weighted by Crippen LogP contribution is 2.44. The van der Waals surface area contributed by atoms with E-state index in [0.29, 0.717) is 23.1 Å². The van der Waals surface area contributed by atoms with Gasteiger partial charge in [-0.05, 0) is 29.3 Å². The van der Waals surface area contributed by atoms with Crippen molar-refractivity contribution in [2.45, 2.75) is 12.6 Å². The number of fused-ring (bicyclic) bond motifs is 2. The first-order valence-corrected chi connectivity index (χ1v) is 7.77. The van der Waals surface area contributed by atoms with Gasteiger partial charge >= 0.3 is 0 Å². The Morgan fingerprint density at radius 1 is 1.14 bits per heavy atom. The summed E-state index contributed by atoms with van der Waals surface area (Å²) in [4.78, 5) is 2.22.